The minimum atomic E-state index is -0.412. The van der Waals surface area contributed by atoms with Crippen LogP contribution < -0.4 is 5.32 Å². The van der Waals surface area contributed by atoms with E-state index in [4.69, 9.17) is 16.3 Å². The van der Waals surface area contributed by atoms with Crippen LogP contribution in [0.1, 0.15) is 45.1 Å². The molecule has 0 saturated heterocycles. The number of nitrogens with zero attached hydrogens (tertiary/aromatic N) is 1. The van der Waals surface area contributed by atoms with Crippen molar-refractivity contribution >= 4 is 35.8 Å². The Morgan fingerprint density at radius 3 is 2.58 bits per heavy atom. The van der Waals surface area contributed by atoms with Gasteiger partial charge in [0.1, 0.15) is 6.10 Å². The van der Waals surface area contributed by atoms with Gasteiger partial charge in [-0.2, -0.15) is 0 Å². The summed E-state index contributed by atoms with van der Waals surface area (Å²) in [7, 11) is 0. The molecule has 1 N–H and O–H groups in total. The molecule has 4 nitrogen and oxygen atoms in total. The second-order valence-corrected chi connectivity index (χ2v) is 6.48. The van der Waals surface area contributed by atoms with Crippen LogP contribution in [-0.2, 0) is 4.74 Å². The maximum Gasteiger partial charge on any atom is 0.412 e. The molecule has 24 heavy (non-hydrogen) atoms. The molecular formula is C18H28Cl2N2O2. The first-order valence-corrected chi connectivity index (χ1v) is 8.91. The van der Waals surface area contributed by atoms with Gasteiger partial charge < -0.3 is 4.74 Å². The minimum Gasteiger partial charge on any atom is -0.444 e. The zero-order chi connectivity index (χ0) is 16.8. The van der Waals surface area contributed by atoms with Gasteiger partial charge in [-0.3, -0.25) is 10.2 Å². The van der Waals surface area contributed by atoms with E-state index in [-0.39, 0.29) is 18.5 Å². The summed E-state index contributed by atoms with van der Waals surface area (Å²) < 4.78 is 5.75. The van der Waals surface area contributed by atoms with Crippen molar-refractivity contribution in [3.63, 3.8) is 0 Å². The standard InChI is InChI=1S/C18H27ClN2O2.ClH/c1-4-21(5-2)15-11-6-7-12-16(15)23-18(22)20-17-13(3)9-8-10-14(17)19;/h8-10,15-16H,4-7,11-12H2,1-3H3,(H,20,22);1H. The van der Waals surface area contributed by atoms with E-state index >= 15 is 0 Å². The molecular weight excluding hydrogens is 347 g/mol. The molecule has 2 unspecified atom stereocenters. The summed E-state index contributed by atoms with van der Waals surface area (Å²) >= 11 is 6.16. The Bertz CT molecular complexity index is 516. The van der Waals surface area contributed by atoms with Crippen LogP contribution in [0.2, 0.25) is 5.02 Å². The zero-order valence-electron chi connectivity index (χ0n) is 14.7. The molecule has 136 valence electrons. The van der Waals surface area contributed by atoms with E-state index in [2.05, 4.69) is 24.1 Å². The highest BCUT2D eigenvalue weighted by atomic mass is 35.5. The van der Waals surface area contributed by atoms with Crippen LogP contribution in [-0.4, -0.2) is 36.2 Å². The second kappa shape index (κ2) is 10.1. The van der Waals surface area contributed by atoms with Crippen LogP contribution in [0.25, 0.3) is 0 Å². The highest BCUT2D eigenvalue weighted by Crippen LogP contribution is 2.28. The van der Waals surface area contributed by atoms with Gasteiger partial charge in [-0.05, 0) is 50.9 Å². The molecule has 2 atom stereocenters. The number of hydrogen-bond donors (Lipinski definition) is 1. The molecule has 1 fully saturated rings. The molecule has 1 aromatic rings. The molecule has 2 rings (SSSR count). The summed E-state index contributed by atoms with van der Waals surface area (Å²) in [5.41, 5.74) is 1.56. The van der Waals surface area contributed by atoms with Crippen LogP contribution in [0.4, 0.5) is 10.5 Å². The lowest BCUT2D eigenvalue weighted by molar-refractivity contribution is 0.0124. The number of para-hydroxylation sites is 1. The van der Waals surface area contributed by atoms with Gasteiger partial charge in [-0.1, -0.05) is 44.0 Å². The molecule has 1 aromatic carbocycles. The van der Waals surface area contributed by atoms with Gasteiger partial charge in [0.25, 0.3) is 0 Å². The maximum absolute atomic E-state index is 12.3. The van der Waals surface area contributed by atoms with Crippen molar-refractivity contribution in [1.82, 2.24) is 4.90 Å². The van der Waals surface area contributed by atoms with E-state index in [0.717, 1.165) is 37.9 Å². The smallest absolute Gasteiger partial charge is 0.412 e. The lowest BCUT2D eigenvalue weighted by atomic mass is 9.91. The van der Waals surface area contributed by atoms with Crippen molar-refractivity contribution < 1.29 is 9.53 Å². The van der Waals surface area contributed by atoms with Crippen molar-refractivity contribution in [1.29, 1.82) is 0 Å². The fourth-order valence-corrected chi connectivity index (χ4v) is 3.65. The maximum atomic E-state index is 12.3. The first-order chi connectivity index (χ1) is 11.1. The minimum absolute atomic E-state index is 0. The summed E-state index contributed by atoms with van der Waals surface area (Å²) in [6.45, 7) is 8.18. The molecule has 1 saturated carbocycles. The number of hydrogen-bond acceptors (Lipinski definition) is 3. The highest BCUT2D eigenvalue weighted by molar-refractivity contribution is 6.33. The van der Waals surface area contributed by atoms with Gasteiger partial charge in [0.15, 0.2) is 0 Å². The topological polar surface area (TPSA) is 41.6 Å². The van der Waals surface area contributed by atoms with Crippen LogP contribution in [0.5, 0.6) is 0 Å². The number of halogens is 2. The SMILES string of the molecule is CCN(CC)C1CCCCC1OC(=O)Nc1c(C)cccc1Cl.Cl. The van der Waals surface area contributed by atoms with E-state index in [1.54, 1.807) is 6.07 Å². The fraction of sp³-hybridized carbons (Fsp3) is 0.611. The van der Waals surface area contributed by atoms with Crippen molar-refractivity contribution in [2.75, 3.05) is 18.4 Å². The molecule has 1 aliphatic carbocycles. The zero-order valence-corrected chi connectivity index (χ0v) is 16.3. The van der Waals surface area contributed by atoms with E-state index in [1.807, 2.05) is 19.1 Å². The molecule has 6 heteroatoms. The van der Waals surface area contributed by atoms with Crippen molar-refractivity contribution in [2.45, 2.75) is 58.6 Å². The monoisotopic (exact) mass is 374 g/mol. The number of amides is 1. The highest BCUT2D eigenvalue weighted by Gasteiger charge is 2.31. The Morgan fingerprint density at radius 2 is 1.96 bits per heavy atom. The number of carbonyl (C=O) groups excluding carboxylic acids is 1. The van der Waals surface area contributed by atoms with Crippen LogP contribution in [0, 0.1) is 6.92 Å². The number of anilines is 1. The first-order valence-electron chi connectivity index (χ1n) is 8.53. The average molecular weight is 375 g/mol. The number of nitrogens with one attached hydrogen (secondary N) is 1. The summed E-state index contributed by atoms with van der Waals surface area (Å²) in [6, 6.07) is 5.87. The third kappa shape index (κ3) is 5.27. The van der Waals surface area contributed by atoms with Gasteiger partial charge >= 0.3 is 6.09 Å². The number of benzene rings is 1. The van der Waals surface area contributed by atoms with Crippen molar-refractivity contribution in [2.24, 2.45) is 0 Å². The van der Waals surface area contributed by atoms with E-state index < -0.39 is 6.09 Å². The molecule has 0 spiro atoms. The Morgan fingerprint density at radius 1 is 1.29 bits per heavy atom. The predicted octanol–water partition coefficient (Wildman–Crippen LogP) is 5.27. The quantitative estimate of drug-likeness (QED) is 0.762. The molecule has 0 aliphatic heterocycles. The Kier molecular flexibility index (Phi) is 8.88. The molecule has 0 aromatic heterocycles. The summed E-state index contributed by atoms with van der Waals surface area (Å²) in [5, 5.41) is 3.34. The third-order valence-electron chi connectivity index (χ3n) is 4.66. The van der Waals surface area contributed by atoms with Gasteiger partial charge in [-0.15, -0.1) is 12.4 Å². The molecule has 1 amide bonds. The normalized spacial score (nSPS) is 20.4. The first kappa shape index (κ1) is 21.1. The number of likely N-dealkylation sites (N-methyl/N-ethyl adjacent to an activating group) is 1. The van der Waals surface area contributed by atoms with E-state index in [1.165, 1.54) is 6.42 Å². The molecule has 1 aliphatic rings. The number of carbonyl (C=O) groups is 1. The van der Waals surface area contributed by atoms with Gasteiger partial charge in [0.2, 0.25) is 0 Å². The summed E-state index contributed by atoms with van der Waals surface area (Å²) in [4.78, 5) is 14.7. The van der Waals surface area contributed by atoms with Gasteiger partial charge in [-0.25, -0.2) is 4.79 Å². The Labute approximate surface area is 156 Å². The Hall–Kier alpha value is -0.970. The third-order valence-corrected chi connectivity index (χ3v) is 4.97. The van der Waals surface area contributed by atoms with Crippen molar-refractivity contribution in [3.8, 4) is 0 Å². The van der Waals surface area contributed by atoms with Gasteiger partial charge in [0.05, 0.1) is 10.7 Å². The van der Waals surface area contributed by atoms with Crippen LogP contribution in [0.3, 0.4) is 0 Å². The fourth-order valence-electron chi connectivity index (χ4n) is 3.38. The van der Waals surface area contributed by atoms with Gasteiger partial charge in [0, 0.05) is 6.04 Å². The molecule has 0 bridgehead atoms. The van der Waals surface area contributed by atoms with Crippen molar-refractivity contribution in [3.05, 3.63) is 28.8 Å². The van der Waals surface area contributed by atoms with E-state index in [0.29, 0.717) is 16.8 Å². The van der Waals surface area contributed by atoms with E-state index in [9.17, 15) is 4.79 Å². The second-order valence-electron chi connectivity index (χ2n) is 6.07. The average Bonchev–Trinajstić information content (AvgIpc) is 2.54. The Balaban J connectivity index is 0.00000288. The molecule has 0 heterocycles. The number of aryl methyl sites for hydroxylation is 1. The lowest BCUT2D eigenvalue weighted by Gasteiger charge is -2.38. The predicted molar refractivity (Wildman–Crippen MR) is 103 cm³/mol. The van der Waals surface area contributed by atoms with Crippen LogP contribution in [0.15, 0.2) is 18.2 Å². The number of rotatable bonds is 5. The summed E-state index contributed by atoms with van der Waals surface area (Å²) in [5.74, 6) is 0. The number of ether oxygens (including phenoxy) is 1. The van der Waals surface area contributed by atoms with Crippen LogP contribution >= 0.6 is 24.0 Å². The molecule has 0 radical (unpaired) electrons. The summed E-state index contributed by atoms with van der Waals surface area (Å²) in [6.07, 6.45) is 3.87. The lowest BCUT2D eigenvalue weighted by Crippen LogP contribution is -2.47. The largest absolute Gasteiger partial charge is 0.444 e.